The molecule has 3 aromatic carbocycles. The van der Waals surface area contributed by atoms with Gasteiger partial charge in [0.15, 0.2) is 0 Å². The minimum absolute atomic E-state index is 0.0808. The number of benzene rings is 3. The van der Waals surface area contributed by atoms with Gasteiger partial charge in [0.2, 0.25) is 0 Å². The van der Waals surface area contributed by atoms with E-state index in [1.807, 2.05) is 30.3 Å². The second-order valence-electron chi connectivity index (χ2n) is 10.2. The fourth-order valence-electron chi connectivity index (χ4n) is 6.04. The van der Waals surface area contributed by atoms with Crippen molar-refractivity contribution in [1.29, 1.82) is 0 Å². The van der Waals surface area contributed by atoms with E-state index in [2.05, 4.69) is 30.5 Å². The molecule has 1 spiro atoms. The average molecular weight is 490 g/mol. The number of non-ortho nitro benzene ring substituents is 1. The molecule has 2 aliphatic rings. The average Bonchev–Trinajstić information content (AvgIpc) is 2.86. The first-order chi connectivity index (χ1) is 17.2. The molecule has 2 aliphatic heterocycles. The van der Waals surface area contributed by atoms with Gasteiger partial charge >= 0.3 is 0 Å². The maximum absolute atomic E-state index is 11.5. The summed E-state index contributed by atoms with van der Waals surface area (Å²) in [6, 6.07) is 16.7. The lowest BCUT2D eigenvalue weighted by molar-refractivity contribution is -0.384. The van der Waals surface area contributed by atoms with Crippen LogP contribution in [0.15, 0.2) is 54.6 Å². The van der Waals surface area contributed by atoms with Gasteiger partial charge in [-0.15, -0.1) is 0 Å². The quantitative estimate of drug-likeness (QED) is 0.332. The van der Waals surface area contributed by atoms with Crippen LogP contribution in [0, 0.1) is 10.1 Å². The molecule has 2 atom stereocenters. The lowest BCUT2D eigenvalue weighted by Crippen LogP contribution is -2.49. The lowest BCUT2D eigenvalue weighted by atomic mass is 9.59. The number of hydrogen-bond donors (Lipinski definition) is 2. The summed E-state index contributed by atoms with van der Waals surface area (Å²) in [5.41, 5.74) is 4.32. The predicted octanol–water partition coefficient (Wildman–Crippen LogP) is 6.06. The van der Waals surface area contributed by atoms with Gasteiger partial charge in [-0.3, -0.25) is 10.1 Å². The monoisotopic (exact) mass is 489 g/mol. The van der Waals surface area contributed by atoms with Gasteiger partial charge in [0.1, 0.15) is 17.2 Å². The van der Waals surface area contributed by atoms with Crippen LogP contribution in [0.25, 0.3) is 0 Å². The number of nitro benzene ring substituents is 1. The van der Waals surface area contributed by atoms with Gasteiger partial charge in [-0.2, -0.15) is 0 Å². The molecule has 0 aliphatic carbocycles. The number of nitrogens with zero attached hydrogens (tertiary/aromatic N) is 1. The van der Waals surface area contributed by atoms with Crippen LogP contribution >= 0.6 is 0 Å². The number of anilines is 2. The summed E-state index contributed by atoms with van der Waals surface area (Å²) in [5, 5.41) is 18.9. The molecule has 0 amide bonds. The fourth-order valence-corrected chi connectivity index (χ4v) is 6.04. The van der Waals surface area contributed by atoms with Gasteiger partial charge in [-0.25, -0.2) is 0 Å². The van der Waals surface area contributed by atoms with Crippen molar-refractivity contribution in [2.75, 3.05) is 32.0 Å². The highest BCUT2D eigenvalue weighted by Crippen LogP contribution is 2.59. The Hall–Kier alpha value is -3.94. The van der Waals surface area contributed by atoms with E-state index in [1.54, 1.807) is 33.5 Å². The molecular formula is C28H31N3O5. The minimum atomic E-state index is -0.466. The Morgan fingerprint density at radius 3 is 2.42 bits per heavy atom. The fraction of sp³-hybridized carbons (Fsp3) is 0.357. The van der Waals surface area contributed by atoms with Crippen LogP contribution < -0.4 is 24.8 Å². The maximum Gasteiger partial charge on any atom is 0.269 e. The van der Waals surface area contributed by atoms with Crippen molar-refractivity contribution in [3.05, 3.63) is 81.4 Å². The second kappa shape index (κ2) is 8.62. The molecule has 5 rings (SSSR count). The Bertz CT molecular complexity index is 1340. The number of nitro groups is 1. The van der Waals surface area contributed by atoms with E-state index in [9.17, 15) is 10.1 Å². The van der Waals surface area contributed by atoms with E-state index in [1.165, 1.54) is 6.07 Å². The molecular weight excluding hydrogens is 458 g/mol. The topological polar surface area (TPSA) is 94.9 Å². The van der Waals surface area contributed by atoms with Gasteiger partial charge in [-0.1, -0.05) is 12.1 Å². The molecule has 0 radical (unpaired) electrons. The number of hydrogen-bond acceptors (Lipinski definition) is 7. The Morgan fingerprint density at radius 1 is 0.944 bits per heavy atom. The molecule has 188 valence electrons. The van der Waals surface area contributed by atoms with E-state index in [-0.39, 0.29) is 22.2 Å². The molecule has 0 unspecified atom stereocenters. The van der Waals surface area contributed by atoms with Gasteiger partial charge in [0, 0.05) is 52.2 Å². The van der Waals surface area contributed by atoms with Crippen molar-refractivity contribution in [3.8, 4) is 17.2 Å². The normalized spacial score (nSPS) is 21.4. The third-order valence-electron chi connectivity index (χ3n) is 7.33. The van der Waals surface area contributed by atoms with Crippen LogP contribution in [-0.4, -0.2) is 31.8 Å². The van der Waals surface area contributed by atoms with E-state index in [0.29, 0.717) is 12.2 Å². The molecule has 3 aromatic rings. The van der Waals surface area contributed by atoms with E-state index >= 15 is 0 Å². The van der Waals surface area contributed by atoms with Crippen LogP contribution in [-0.2, 0) is 5.41 Å². The third kappa shape index (κ3) is 3.86. The zero-order valence-electron chi connectivity index (χ0n) is 21.2. The van der Waals surface area contributed by atoms with Crippen molar-refractivity contribution in [2.45, 2.75) is 43.7 Å². The first kappa shape index (κ1) is 23.8. The van der Waals surface area contributed by atoms with Crippen LogP contribution in [0.3, 0.4) is 0 Å². The van der Waals surface area contributed by atoms with Gasteiger partial charge in [0.05, 0.1) is 32.3 Å². The van der Waals surface area contributed by atoms with Crippen LogP contribution in [0.4, 0.5) is 17.1 Å². The van der Waals surface area contributed by atoms with Gasteiger partial charge < -0.3 is 24.8 Å². The Labute approximate surface area is 210 Å². The van der Waals surface area contributed by atoms with E-state index in [0.717, 1.165) is 46.0 Å². The molecule has 0 saturated heterocycles. The molecule has 0 saturated carbocycles. The summed E-state index contributed by atoms with van der Waals surface area (Å²) >= 11 is 0. The SMILES string of the molecule is COc1cc2c(c(OC)c1)[C@@]1(C[C@H](c3cccc([N+](=O)[O-])c3)Nc3ccc(OC)cc31)CC(C)(C)N2. The number of methoxy groups -OCH3 is 3. The van der Waals surface area contributed by atoms with Crippen LogP contribution in [0.5, 0.6) is 17.2 Å². The predicted molar refractivity (Wildman–Crippen MR) is 140 cm³/mol. The van der Waals surface area contributed by atoms with Crippen LogP contribution in [0.2, 0.25) is 0 Å². The zero-order chi connectivity index (χ0) is 25.7. The Kier molecular flexibility index (Phi) is 5.70. The largest absolute Gasteiger partial charge is 0.497 e. The Balaban J connectivity index is 1.79. The summed E-state index contributed by atoms with van der Waals surface area (Å²) in [6.45, 7) is 4.38. The summed E-state index contributed by atoms with van der Waals surface area (Å²) in [5.74, 6) is 2.22. The molecule has 2 N–H and O–H groups in total. The molecule has 8 heteroatoms. The second-order valence-corrected chi connectivity index (χ2v) is 10.2. The smallest absolute Gasteiger partial charge is 0.269 e. The highest BCUT2D eigenvalue weighted by atomic mass is 16.6. The highest BCUT2D eigenvalue weighted by Gasteiger charge is 2.51. The number of ether oxygens (including phenoxy) is 3. The lowest BCUT2D eigenvalue weighted by Gasteiger charge is -2.52. The van der Waals surface area contributed by atoms with Crippen molar-refractivity contribution in [1.82, 2.24) is 0 Å². The first-order valence-electron chi connectivity index (χ1n) is 11.9. The van der Waals surface area contributed by atoms with Crippen molar-refractivity contribution >= 4 is 17.1 Å². The van der Waals surface area contributed by atoms with Crippen molar-refractivity contribution in [2.24, 2.45) is 0 Å². The highest BCUT2D eigenvalue weighted by molar-refractivity contribution is 5.75. The minimum Gasteiger partial charge on any atom is -0.497 e. The van der Waals surface area contributed by atoms with E-state index < -0.39 is 5.41 Å². The third-order valence-corrected chi connectivity index (χ3v) is 7.33. The van der Waals surface area contributed by atoms with Crippen LogP contribution in [0.1, 0.15) is 49.4 Å². The van der Waals surface area contributed by atoms with Crippen molar-refractivity contribution in [3.63, 3.8) is 0 Å². The van der Waals surface area contributed by atoms with Gasteiger partial charge in [0.25, 0.3) is 5.69 Å². The number of nitrogens with one attached hydrogen (secondary N) is 2. The molecule has 8 nitrogen and oxygen atoms in total. The van der Waals surface area contributed by atoms with Gasteiger partial charge in [-0.05, 0) is 56.0 Å². The Morgan fingerprint density at radius 2 is 1.72 bits per heavy atom. The number of fused-ring (bicyclic) bond motifs is 4. The molecule has 0 aromatic heterocycles. The summed E-state index contributed by atoms with van der Waals surface area (Å²) in [4.78, 5) is 11.2. The molecule has 0 bridgehead atoms. The van der Waals surface area contributed by atoms with E-state index in [4.69, 9.17) is 14.2 Å². The molecule has 36 heavy (non-hydrogen) atoms. The molecule has 0 fully saturated rings. The standard InChI is InChI=1S/C28H31N3O5/c1-27(2)16-28(26-23(30-27)13-20(35-4)14-25(26)36-5)15-24(17-7-6-8-18(11-17)31(32)33)29-22-10-9-19(34-3)12-21(22)28/h6-14,24,29-30H,15-16H2,1-5H3/t24-,28+/m1/s1. The summed E-state index contributed by atoms with van der Waals surface area (Å²) < 4.78 is 17.2. The molecule has 2 heterocycles. The zero-order valence-corrected chi connectivity index (χ0v) is 21.2. The summed E-state index contributed by atoms with van der Waals surface area (Å²) in [6.07, 6.45) is 1.46. The summed E-state index contributed by atoms with van der Waals surface area (Å²) in [7, 11) is 4.99. The first-order valence-corrected chi connectivity index (χ1v) is 11.9. The van der Waals surface area contributed by atoms with Crippen molar-refractivity contribution < 1.29 is 19.1 Å². The maximum atomic E-state index is 11.5. The number of rotatable bonds is 5.